The summed E-state index contributed by atoms with van der Waals surface area (Å²) in [5.74, 6) is 1.27. The highest BCUT2D eigenvalue weighted by molar-refractivity contribution is 5.53. The lowest BCUT2D eigenvalue weighted by Gasteiger charge is -2.12. The number of methoxy groups -OCH3 is 1. The molecule has 0 fully saturated rings. The Morgan fingerprint density at radius 1 is 1.50 bits per heavy atom. The molecule has 0 atom stereocenters. The van der Waals surface area contributed by atoms with Gasteiger partial charge in [-0.2, -0.15) is 0 Å². The minimum absolute atomic E-state index is 0.611. The average molecular weight is 194 g/mol. The molecular weight excluding hydrogens is 176 g/mol. The minimum atomic E-state index is 0.611. The first-order valence-corrected chi connectivity index (χ1v) is 4.88. The van der Waals surface area contributed by atoms with Crippen molar-refractivity contribution in [3.8, 4) is 5.88 Å². The van der Waals surface area contributed by atoms with E-state index in [0.29, 0.717) is 11.8 Å². The predicted molar refractivity (Wildman–Crippen MR) is 58.9 cm³/mol. The average Bonchev–Trinajstić information content (AvgIpc) is 2.15. The van der Waals surface area contributed by atoms with E-state index in [1.165, 1.54) is 0 Å². The molecular formula is C11H18N2O. The number of rotatable bonds is 4. The Hall–Kier alpha value is -1.25. The normalized spacial score (nSPS) is 10.4. The highest BCUT2D eigenvalue weighted by Crippen LogP contribution is 2.21. The maximum absolute atomic E-state index is 5.16. The van der Waals surface area contributed by atoms with Crippen LogP contribution in [0.4, 0.5) is 5.69 Å². The second-order valence-electron chi connectivity index (χ2n) is 3.84. The quantitative estimate of drug-likeness (QED) is 0.799. The van der Waals surface area contributed by atoms with Crippen molar-refractivity contribution in [2.45, 2.75) is 20.8 Å². The van der Waals surface area contributed by atoms with E-state index in [1.54, 1.807) is 13.3 Å². The molecule has 0 aliphatic carbocycles. The number of nitrogens with zero attached hydrogens (tertiary/aromatic N) is 1. The first-order chi connectivity index (χ1) is 6.63. The molecule has 0 amide bonds. The van der Waals surface area contributed by atoms with Gasteiger partial charge in [0.15, 0.2) is 0 Å². The van der Waals surface area contributed by atoms with Crippen molar-refractivity contribution in [3.05, 3.63) is 17.8 Å². The molecule has 0 saturated heterocycles. The van der Waals surface area contributed by atoms with E-state index < -0.39 is 0 Å². The Labute approximate surface area is 85.5 Å². The van der Waals surface area contributed by atoms with Crippen LogP contribution >= 0.6 is 0 Å². The molecule has 0 aliphatic rings. The van der Waals surface area contributed by atoms with Crippen molar-refractivity contribution in [3.63, 3.8) is 0 Å². The van der Waals surface area contributed by atoms with Crippen LogP contribution in [0.25, 0.3) is 0 Å². The molecule has 1 aromatic rings. The van der Waals surface area contributed by atoms with E-state index in [4.69, 9.17) is 4.74 Å². The van der Waals surface area contributed by atoms with Crippen molar-refractivity contribution in [1.82, 2.24) is 4.98 Å². The van der Waals surface area contributed by atoms with Gasteiger partial charge in [-0.15, -0.1) is 0 Å². The molecule has 1 rings (SSSR count). The molecule has 3 heteroatoms. The van der Waals surface area contributed by atoms with E-state index >= 15 is 0 Å². The van der Waals surface area contributed by atoms with Crippen LogP contribution in [0.5, 0.6) is 5.88 Å². The molecule has 1 aromatic heterocycles. The molecule has 14 heavy (non-hydrogen) atoms. The third-order valence-electron chi connectivity index (χ3n) is 1.88. The van der Waals surface area contributed by atoms with Crippen LogP contribution < -0.4 is 10.1 Å². The summed E-state index contributed by atoms with van der Waals surface area (Å²) in [6, 6.07) is 2.05. The zero-order valence-corrected chi connectivity index (χ0v) is 9.29. The maximum atomic E-state index is 5.16. The molecule has 0 unspecified atom stereocenters. The van der Waals surface area contributed by atoms with Crippen LogP contribution in [0.1, 0.15) is 19.4 Å². The Morgan fingerprint density at radius 2 is 2.21 bits per heavy atom. The fourth-order valence-electron chi connectivity index (χ4n) is 1.16. The summed E-state index contributed by atoms with van der Waals surface area (Å²) in [5.41, 5.74) is 2.11. The van der Waals surface area contributed by atoms with E-state index in [-0.39, 0.29) is 0 Å². The predicted octanol–water partition coefficient (Wildman–Crippen LogP) is 2.47. The Morgan fingerprint density at radius 3 is 2.79 bits per heavy atom. The van der Waals surface area contributed by atoms with Crippen molar-refractivity contribution in [1.29, 1.82) is 0 Å². The van der Waals surface area contributed by atoms with Crippen LogP contribution in [-0.4, -0.2) is 18.6 Å². The topological polar surface area (TPSA) is 34.1 Å². The zero-order chi connectivity index (χ0) is 10.6. The van der Waals surface area contributed by atoms with Crippen molar-refractivity contribution >= 4 is 5.69 Å². The molecule has 0 radical (unpaired) electrons. The van der Waals surface area contributed by atoms with E-state index in [2.05, 4.69) is 24.1 Å². The standard InChI is InChI=1S/C11H18N2O/c1-8(2)6-12-10-5-9(3)7-13-11(10)14-4/h5,7-8,12H,6H2,1-4H3. The first kappa shape index (κ1) is 10.8. The number of pyridine rings is 1. The van der Waals surface area contributed by atoms with Crippen molar-refractivity contribution in [2.24, 2.45) is 5.92 Å². The summed E-state index contributed by atoms with van der Waals surface area (Å²) in [4.78, 5) is 4.19. The lowest BCUT2D eigenvalue weighted by Crippen LogP contribution is -2.09. The van der Waals surface area contributed by atoms with Gasteiger partial charge in [-0.05, 0) is 24.5 Å². The van der Waals surface area contributed by atoms with E-state index in [1.807, 2.05) is 13.0 Å². The molecule has 0 bridgehead atoms. The van der Waals surface area contributed by atoms with Crippen LogP contribution in [0.3, 0.4) is 0 Å². The van der Waals surface area contributed by atoms with Gasteiger partial charge in [0.1, 0.15) is 0 Å². The number of ether oxygens (including phenoxy) is 1. The van der Waals surface area contributed by atoms with E-state index in [9.17, 15) is 0 Å². The third-order valence-corrected chi connectivity index (χ3v) is 1.88. The SMILES string of the molecule is COc1ncc(C)cc1NCC(C)C. The minimum Gasteiger partial charge on any atom is -0.480 e. The largest absolute Gasteiger partial charge is 0.480 e. The second kappa shape index (κ2) is 4.84. The summed E-state index contributed by atoms with van der Waals surface area (Å²) in [6.45, 7) is 7.29. The Bertz CT molecular complexity index is 297. The van der Waals surface area contributed by atoms with Gasteiger partial charge in [0.2, 0.25) is 5.88 Å². The van der Waals surface area contributed by atoms with Gasteiger partial charge in [-0.25, -0.2) is 4.98 Å². The molecule has 1 heterocycles. The molecule has 78 valence electrons. The molecule has 0 spiro atoms. The van der Waals surface area contributed by atoms with Gasteiger partial charge < -0.3 is 10.1 Å². The molecule has 0 saturated carbocycles. The smallest absolute Gasteiger partial charge is 0.237 e. The summed E-state index contributed by atoms with van der Waals surface area (Å²) in [6.07, 6.45) is 1.80. The van der Waals surface area contributed by atoms with Gasteiger partial charge >= 0.3 is 0 Å². The lowest BCUT2D eigenvalue weighted by molar-refractivity contribution is 0.399. The number of anilines is 1. The third kappa shape index (κ3) is 2.91. The van der Waals surface area contributed by atoms with Crippen LogP contribution in [-0.2, 0) is 0 Å². The summed E-state index contributed by atoms with van der Waals surface area (Å²) < 4.78 is 5.16. The zero-order valence-electron chi connectivity index (χ0n) is 9.29. The van der Waals surface area contributed by atoms with E-state index in [0.717, 1.165) is 17.8 Å². The number of aromatic nitrogens is 1. The first-order valence-electron chi connectivity index (χ1n) is 4.88. The summed E-state index contributed by atoms with van der Waals surface area (Å²) >= 11 is 0. The highest BCUT2D eigenvalue weighted by atomic mass is 16.5. The number of hydrogen-bond acceptors (Lipinski definition) is 3. The van der Waals surface area contributed by atoms with Gasteiger partial charge in [-0.1, -0.05) is 13.8 Å². The van der Waals surface area contributed by atoms with Gasteiger partial charge in [0.05, 0.1) is 12.8 Å². The Balaban J connectivity index is 2.77. The maximum Gasteiger partial charge on any atom is 0.237 e. The van der Waals surface area contributed by atoms with Crippen molar-refractivity contribution in [2.75, 3.05) is 19.0 Å². The summed E-state index contributed by atoms with van der Waals surface area (Å²) in [5, 5.41) is 3.32. The fourth-order valence-corrected chi connectivity index (χ4v) is 1.16. The van der Waals surface area contributed by atoms with Gasteiger partial charge in [-0.3, -0.25) is 0 Å². The molecule has 1 N–H and O–H groups in total. The second-order valence-corrected chi connectivity index (χ2v) is 3.84. The summed E-state index contributed by atoms with van der Waals surface area (Å²) in [7, 11) is 1.64. The van der Waals surface area contributed by atoms with Crippen molar-refractivity contribution < 1.29 is 4.74 Å². The Kier molecular flexibility index (Phi) is 3.74. The van der Waals surface area contributed by atoms with Gasteiger partial charge in [0, 0.05) is 12.7 Å². The van der Waals surface area contributed by atoms with Gasteiger partial charge in [0.25, 0.3) is 0 Å². The highest BCUT2D eigenvalue weighted by Gasteiger charge is 2.04. The molecule has 3 nitrogen and oxygen atoms in total. The van der Waals surface area contributed by atoms with Crippen LogP contribution in [0.2, 0.25) is 0 Å². The monoisotopic (exact) mass is 194 g/mol. The number of nitrogens with one attached hydrogen (secondary N) is 1. The molecule has 0 aliphatic heterocycles. The van der Waals surface area contributed by atoms with Crippen LogP contribution in [0, 0.1) is 12.8 Å². The number of aryl methyl sites for hydroxylation is 1. The fraction of sp³-hybridized carbons (Fsp3) is 0.545. The lowest BCUT2D eigenvalue weighted by atomic mass is 10.2. The number of hydrogen-bond donors (Lipinski definition) is 1. The van der Waals surface area contributed by atoms with Crippen LogP contribution in [0.15, 0.2) is 12.3 Å². The molecule has 0 aromatic carbocycles.